The van der Waals surface area contributed by atoms with Gasteiger partial charge in [-0.15, -0.1) is 0 Å². The molecule has 1 saturated heterocycles. The molecule has 0 radical (unpaired) electrons. The molecule has 0 aliphatic carbocycles. The van der Waals surface area contributed by atoms with Crippen molar-refractivity contribution in [3.8, 4) is 5.75 Å². The number of methoxy groups -OCH3 is 1. The highest BCUT2D eigenvalue weighted by molar-refractivity contribution is 5.36. The largest absolute Gasteiger partial charge is 0.496 e. The van der Waals surface area contributed by atoms with E-state index < -0.39 is 5.82 Å². The molecule has 2 aromatic carbocycles. The van der Waals surface area contributed by atoms with Gasteiger partial charge in [0.25, 0.3) is 0 Å². The predicted octanol–water partition coefficient (Wildman–Crippen LogP) is 3.12. The first-order chi connectivity index (χ1) is 11.2. The number of hydrogen-bond acceptors (Lipinski definition) is 3. The van der Waals surface area contributed by atoms with Gasteiger partial charge in [0.15, 0.2) is 0 Å². The van der Waals surface area contributed by atoms with Crippen LogP contribution in [0.1, 0.15) is 17.2 Å². The summed E-state index contributed by atoms with van der Waals surface area (Å²) in [5, 5.41) is 3.36. The summed E-state index contributed by atoms with van der Waals surface area (Å²) in [4.78, 5) is 2.16. The summed E-state index contributed by atoms with van der Waals surface area (Å²) in [7, 11) is 1.64. The number of piperazine rings is 1. The van der Waals surface area contributed by atoms with Crippen LogP contribution in [0.15, 0.2) is 42.5 Å². The monoisotopic (exact) mass is 318 g/mol. The number of nitrogens with one attached hydrogen (secondary N) is 1. The van der Waals surface area contributed by atoms with Crippen molar-refractivity contribution in [1.29, 1.82) is 0 Å². The Balaban J connectivity index is 1.88. The number of halogens is 2. The van der Waals surface area contributed by atoms with Gasteiger partial charge in [-0.05, 0) is 24.3 Å². The molecule has 1 heterocycles. The second-order valence-corrected chi connectivity index (χ2v) is 5.67. The first-order valence-corrected chi connectivity index (χ1v) is 7.70. The van der Waals surface area contributed by atoms with Crippen LogP contribution >= 0.6 is 0 Å². The molecule has 1 aliphatic heterocycles. The zero-order valence-corrected chi connectivity index (χ0v) is 13.1. The van der Waals surface area contributed by atoms with Crippen molar-refractivity contribution >= 4 is 0 Å². The topological polar surface area (TPSA) is 24.5 Å². The summed E-state index contributed by atoms with van der Waals surface area (Å²) in [6.07, 6.45) is 0. The third-order valence-corrected chi connectivity index (χ3v) is 4.23. The van der Waals surface area contributed by atoms with Crippen LogP contribution in [-0.2, 0) is 6.54 Å². The molecule has 1 aliphatic rings. The average Bonchev–Trinajstić information content (AvgIpc) is 2.58. The minimum Gasteiger partial charge on any atom is -0.496 e. The third-order valence-electron chi connectivity index (χ3n) is 4.23. The van der Waals surface area contributed by atoms with Gasteiger partial charge in [0.2, 0.25) is 0 Å². The van der Waals surface area contributed by atoms with Crippen molar-refractivity contribution < 1.29 is 13.5 Å². The van der Waals surface area contributed by atoms with Gasteiger partial charge in [0.05, 0.1) is 13.2 Å². The van der Waals surface area contributed by atoms with Gasteiger partial charge in [0, 0.05) is 37.3 Å². The number of ether oxygens (including phenoxy) is 1. The van der Waals surface area contributed by atoms with Crippen molar-refractivity contribution in [2.75, 3.05) is 26.7 Å². The summed E-state index contributed by atoms with van der Waals surface area (Å²) in [6, 6.07) is 11.5. The highest BCUT2D eigenvalue weighted by atomic mass is 19.1. The minimum absolute atomic E-state index is 0.0579. The molecule has 3 nitrogen and oxygen atoms in total. The zero-order valence-electron chi connectivity index (χ0n) is 13.1. The molecule has 1 unspecified atom stereocenters. The van der Waals surface area contributed by atoms with Crippen molar-refractivity contribution in [3.63, 3.8) is 0 Å². The Hall–Kier alpha value is -1.98. The van der Waals surface area contributed by atoms with Crippen molar-refractivity contribution in [2.45, 2.75) is 12.6 Å². The number of para-hydroxylation sites is 1. The Morgan fingerprint density at radius 3 is 2.87 bits per heavy atom. The highest BCUT2D eigenvalue weighted by Crippen LogP contribution is 2.31. The highest BCUT2D eigenvalue weighted by Gasteiger charge is 2.26. The summed E-state index contributed by atoms with van der Waals surface area (Å²) in [5.74, 6) is 0.0278. The van der Waals surface area contributed by atoms with Gasteiger partial charge in [-0.25, -0.2) is 8.78 Å². The zero-order chi connectivity index (χ0) is 16.2. The third kappa shape index (κ3) is 3.51. The Bertz CT molecular complexity index is 678. The molecule has 1 fully saturated rings. The molecule has 3 rings (SSSR count). The van der Waals surface area contributed by atoms with Crippen LogP contribution < -0.4 is 10.1 Å². The SMILES string of the molecule is COc1ccccc1C1CNCCN1Cc1cc(F)ccc1F. The molecule has 5 heteroatoms. The van der Waals surface area contributed by atoms with E-state index in [1.807, 2.05) is 24.3 Å². The van der Waals surface area contributed by atoms with Crippen LogP contribution in [0, 0.1) is 11.6 Å². The standard InChI is InChI=1S/C18H20F2N2O/c1-23-18-5-3-2-4-15(18)17-11-21-8-9-22(17)12-13-10-14(19)6-7-16(13)20/h2-7,10,17,21H,8-9,11-12H2,1H3. The molecule has 0 aromatic heterocycles. The number of nitrogens with zero attached hydrogens (tertiary/aromatic N) is 1. The number of hydrogen-bond donors (Lipinski definition) is 1. The van der Waals surface area contributed by atoms with Crippen molar-refractivity contribution in [3.05, 3.63) is 65.2 Å². The fourth-order valence-corrected chi connectivity index (χ4v) is 3.07. The van der Waals surface area contributed by atoms with Crippen LogP contribution in [0.4, 0.5) is 8.78 Å². The first-order valence-electron chi connectivity index (χ1n) is 7.70. The molecular formula is C18H20F2N2O. The second kappa shape index (κ2) is 7.06. The van der Waals surface area contributed by atoms with E-state index in [0.717, 1.165) is 37.0 Å². The Kier molecular flexibility index (Phi) is 4.88. The van der Waals surface area contributed by atoms with Crippen LogP contribution in [-0.4, -0.2) is 31.6 Å². The maximum Gasteiger partial charge on any atom is 0.127 e. The predicted molar refractivity (Wildman–Crippen MR) is 85.4 cm³/mol. The van der Waals surface area contributed by atoms with Gasteiger partial charge in [-0.2, -0.15) is 0 Å². The summed E-state index contributed by atoms with van der Waals surface area (Å²) < 4.78 is 32.8. The van der Waals surface area contributed by atoms with Gasteiger partial charge in [-0.1, -0.05) is 18.2 Å². The fraction of sp³-hybridized carbons (Fsp3) is 0.333. The molecule has 23 heavy (non-hydrogen) atoms. The van der Waals surface area contributed by atoms with Gasteiger partial charge < -0.3 is 10.1 Å². The van der Waals surface area contributed by atoms with Crippen molar-refractivity contribution in [1.82, 2.24) is 10.2 Å². The molecule has 0 bridgehead atoms. The Labute approximate surface area is 134 Å². The van der Waals surface area contributed by atoms with Crippen LogP contribution in [0.2, 0.25) is 0 Å². The molecule has 0 amide bonds. The van der Waals surface area contributed by atoms with E-state index in [4.69, 9.17) is 4.74 Å². The maximum absolute atomic E-state index is 14.0. The van der Waals surface area contributed by atoms with Crippen LogP contribution in [0.25, 0.3) is 0 Å². The lowest BCUT2D eigenvalue weighted by Gasteiger charge is -2.37. The molecule has 0 spiro atoms. The molecule has 122 valence electrons. The van der Waals surface area contributed by atoms with E-state index >= 15 is 0 Å². The van der Waals surface area contributed by atoms with E-state index in [1.165, 1.54) is 12.1 Å². The van der Waals surface area contributed by atoms with E-state index in [-0.39, 0.29) is 11.9 Å². The van der Waals surface area contributed by atoms with Gasteiger partial charge >= 0.3 is 0 Å². The van der Waals surface area contributed by atoms with Crippen LogP contribution in [0.5, 0.6) is 5.75 Å². The van der Waals surface area contributed by atoms with E-state index in [1.54, 1.807) is 7.11 Å². The average molecular weight is 318 g/mol. The number of benzene rings is 2. The normalized spacial score (nSPS) is 18.8. The second-order valence-electron chi connectivity index (χ2n) is 5.67. The lowest BCUT2D eigenvalue weighted by atomic mass is 10.0. The summed E-state index contributed by atoms with van der Waals surface area (Å²) >= 11 is 0. The molecule has 1 N–H and O–H groups in total. The maximum atomic E-state index is 14.0. The fourth-order valence-electron chi connectivity index (χ4n) is 3.07. The Morgan fingerprint density at radius 2 is 2.04 bits per heavy atom. The van der Waals surface area contributed by atoms with Gasteiger partial charge in [-0.3, -0.25) is 4.90 Å². The lowest BCUT2D eigenvalue weighted by Crippen LogP contribution is -2.45. The quantitative estimate of drug-likeness (QED) is 0.937. The molecule has 2 aromatic rings. The van der Waals surface area contributed by atoms with E-state index in [0.29, 0.717) is 12.1 Å². The number of rotatable bonds is 4. The molecule has 0 saturated carbocycles. The lowest BCUT2D eigenvalue weighted by molar-refractivity contribution is 0.149. The summed E-state index contributed by atoms with van der Waals surface area (Å²) in [6.45, 7) is 2.70. The first kappa shape index (κ1) is 15.9. The van der Waals surface area contributed by atoms with E-state index in [9.17, 15) is 8.78 Å². The Morgan fingerprint density at radius 1 is 1.22 bits per heavy atom. The summed E-state index contributed by atoms with van der Waals surface area (Å²) in [5.41, 5.74) is 1.44. The molecule has 1 atom stereocenters. The van der Waals surface area contributed by atoms with Crippen LogP contribution in [0.3, 0.4) is 0 Å². The van der Waals surface area contributed by atoms with Gasteiger partial charge in [0.1, 0.15) is 17.4 Å². The smallest absolute Gasteiger partial charge is 0.127 e. The van der Waals surface area contributed by atoms with Crippen molar-refractivity contribution in [2.24, 2.45) is 0 Å². The molecular weight excluding hydrogens is 298 g/mol. The minimum atomic E-state index is -0.412. The van der Waals surface area contributed by atoms with E-state index in [2.05, 4.69) is 10.2 Å².